The van der Waals surface area contributed by atoms with Gasteiger partial charge in [0.25, 0.3) is 0 Å². The van der Waals surface area contributed by atoms with Crippen molar-refractivity contribution in [3.05, 3.63) is 59.2 Å². The van der Waals surface area contributed by atoms with E-state index >= 15 is 0 Å². The monoisotopic (exact) mass is 442 g/mol. The third-order valence-corrected chi connectivity index (χ3v) is 5.06. The van der Waals surface area contributed by atoms with E-state index in [-0.39, 0.29) is 40.4 Å². The summed E-state index contributed by atoms with van der Waals surface area (Å²) in [6.07, 6.45) is -2.27. The highest BCUT2D eigenvalue weighted by Crippen LogP contribution is 2.45. The molecule has 10 nitrogen and oxygen atoms in total. The van der Waals surface area contributed by atoms with Crippen LogP contribution in [0.3, 0.4) is 0 Å². The number of rotatable bonds is 3. The predicted molar refractivity (Wildman–Crippen MR) is 107 cm³/mol. The zero-order valence-electron chi connectivity index (χ0n) is 16.3. The first kappa shape index (κ1) is 20.8. The smallest absolute Gasteiger partial charge is 0.338 e. The zero-order valence-corrected chi connectivity index (χ0v) is 16.3. The molecule has 10 heteroatoms. The van der Waals surface area contributed by atoms with Crippen molar-refractivity contribution in [1.82, 2.24) is 0 Å². The van der Waals surface area contributed by atoms with Crippen LogP contribution in [0.15, 0.2) is 42.5 Å². The van der Waals surface area contributed by atoms with Crippen molar-refractivity contribution in [2.24, 2.45) is 0 Å². The molecule has 32 heavy (non-hydrogen) atoms. The fourth-order valence-electron chi connectivity index (χ4n) is 3.48. The summed E-state index contributed by atoms with van der Waals surface area (Å²) in [5.74, 6) is -4.32. The molecule has 0 saturated carbocycles. The molecule has 1 aliphatic rings. The van der Waals surface area contributed by atoms with Gasteiger partial charge in [0, 0.05) is 29.7 Å². The van der Waals surface area contributed by atoms with Crippen molar-refractivity contribution in [1.29, 1.82) is 0 Å². The van der Waals surface area contributed by atoms with E-state index < -0.39 is 46.9 Å². The fraction of sp³-hybridized carbons (Fsp3) is 0.136. The second-order valence-corrected chi connectivity index (χ2v) is 7.24. The van der Waals surface area contributed by atoms with Crippen LogP contribution < -0.4 is 4.74 Å². The molecule has 0 fully saturated rings. The van der Waals surface area contributed by atoms with Crippen molar-refractivity contribution < 1.29 is 50.0 Å². The van der Waals surface area contributed by atoms with E-state index in [1.54, 1.807) is 0 Å². The van der Waals surface area contributed by atoms with Gasteiger partial charge >= 0.3 is 5.97 Å². The van der Waals surface area contributed by atoms with Crippen molar-refractivity contribution in [3.63, 3.8) is 0 Å². The maximum Gasteiger partial charge on any atom is 0.338 e. The molecule has 0 spiro atoms. The summed E-state index contributed by atoms with van der Waals surface area (Å²) < 4.78 is 11.4. The van der Waals surface area contributed by atoms with Crippen molar-refractivity contribution in [2.45, 2.75) is 18.6 Å². The number of benzene rings is 3. The molecule has 1 unspecified atom stereocenters. The number of carbonyl (C=O) groups is 1. The predicted octanol–water partition coefficient (Wildman–Crippen LogP) is 2.53. The summed E-state index contributed by atoms with van der Waals surface area (Å²) in [4.78, 5) is 12.7. The minimum absolute atomic E-state index is 0.0652. The van der Waals surface area contributed by atoms with Crippen LogP contribution in [0.1, 0.15) is 27.6 Å². The third-order valence-electron chi connectivity index (χ3n) is 5.06. The van der Waals surface area contributed by atoms with E-state index in [0.717, 1.165) is 30.3 Å². The van der Waals surface area contributed by atoms with E-state index in [4.69, 9.17) is 9.47 Å². The molecule has 0 radical (unpaired) electrons. The van der Waals surface area contributed by atoms with Gasteiger partial charge in [-0.25, -0.2) is 4.79 Å². The standard InChI is InChI=1S/C22H18O10/c23-11-6-14(25)12-8-19(32-22(30)9-1-2-13(24)15(26)3-9)21(31-18(12)7-11)10-4-16(27)20(29)17(28)5-10/h1-7,19,21,23-29H,8H2/t19?,21-/m1/s1. The highest BCUT2D eigenvalue weighted by Gasteiger charge is 2.37. The van der Waals surface area contributed by atoms with Crippen molar-refractivity contribution in [3.8, 4) is 46.0 Å². The number of ether oxygens (including phenoxy) is 2. The number of aromatic hydroxyl groups is 7. The summed E-state index contributed by atoms with van der Waals surface area (Å²) in [5, 5.41) is 68.5. The van der Waals surface area contributed by atoms with E-state index in [1.807, 2.05) is 0 Å². The summed E-state index contributed by atoms with van der Waals surface area (Å²) >= 11 is 0. The summed E-state index contributed by atoms with van der Waals surface area (Å²) in [6, 6.07) is 7.92. The third kappa shape index (κ3) is 3.69. The lowest BCUT2D eigenvalue weighted by molar-refractivity contribution is -0.0189. The molecule has 1 heterocycles. The Morgan fingerprint density at radius 1 is 0.812 bits per heavy atom. The molecule has 1 aliphatic heterocycles. The molecular weight excluding hydrogens is 424 g/mol. The van der Waals surface area contributed by atoms with Gasteiger partial charge in [0.1, 0.15) is 23.4 Å². The quantitative estimate of drug-likeness (QED) is 0.235. The van der Waals surface area contributed by atoms with Crippen LogP contribution in [0.4, 0.5) is 0 Å². The number of phenolic OH excluding ortho intramolecular Hbond substituents is 7. The van der Waals surface area contributed by atoms with Gasteiger partial charge < -0.3 is 45.2 Å². The Morgan fingerprint density at radius 3 is 2.16 bits per heavy atom. The van der Waals surface area contributed by atoms with Gasteiger partial charge in [-0.15, -0.1) is 0 Å². The fourth-order valence-corrected chi connectivity index (χ4v) is 3.48. The molecular formula is C22H18O10. The average Bonchev–Trinajstić information content (AvgIpc) is 2.73. The zero-order chi connectivity index (χ0) is 23.2. The topological polar surface area (TPSA) is 177 Å². The van der Waals surface area contributed by atoms with Gasteiger partial charge in [0.15, 0.2) is 34.9 Å². The Labute approximate surface area is 180 Å². The van der Waals surface area contributed by atoms with Gasteiger partial charge in [-0.2, -0.15) is 0 Å². The first-order valence-corrected chi connectivity index (χ1v) is 9.33. The minimum Gasteiger partial charge on any atom is -0.508 e. The Bertz CT molecular complexity index is 1200. The Hall–Kier alpha value is -4.47. The first-order chi connectivity index (χ1) is 15.1. The molecule has 3 aromatic carbocycles. The average molecular weight is 442 g/mol. The molecule has 0 aromatic heterocycles. The molecule has 0 amide bonds. The van der Waals surface area contributed by atoms with Gasteiger partial charge in [0.05, 0.1) is 5.56 Å². The normalized spacial score (nSPS) is 17.2. The van der Waals surface area contributed by atoms with Crippen LogP contribution in [0.25, 0.3) is 0 Å². The number of fused-ring (bicyclic) bond motifs is 1. The van der Waals surface area contributed by atoms with E-state index in [0.29, 0.717) is 0 Å². The maximum absolute atomic E-state index is 12.7. The van der Waals surface area contributed by atoms with Crippen LogP contribution in [0.5, 0.6) is 46.0 Å². The maximum atomic E-state index is 12.7. The number of esters is 1. The van der Waals surface area contributed by atoms with Crippen LogP contribution in [-0.2, 0) is 11.2 Å². The Balaban J connectivity index is 1.74. The SMILES string of the molecule is O=C(OC1Cc2c(O)cc(O)cc2O[C@@H]1c1cc(O)c(O)c(O)c1)c1ccc(O)c(O)c1. The van der Waals surface area contributed by atoms with E-state index in [1.165, 1.54) is 12.1 Å². The molecule has 0 bridgehead atoms. The lowest BCUT2D eigenvalue weighted by Gasteiger charge is -2.34. The first-order valence-electron chi connectivity index (χ1n) is 9.33. The van der Waals surface area contributed by atoms with Gasteiger partial charge in [-0.05, 0) is 30.3 Å². The molecule has 2 atom stereocenters. The summed E-state index contributed by atoms with van der Waals surface area (Å²) in [7, 11) is 0. The van der Waals surface area contributed by atoms with Crippen LogP contribution >= 0.6 is 0 Å². The van der Waals surface area contributed by atoms with Crippen LogP contribution in [0.2, 0.25) is 0 Å². The number of hydrogen-bond donors (Lipinski definition) is 7. The number of phenols is 7. The van der Waals surface area contributed by atoms with Gasteiger partial charge in [-0.3, -0.25) is 0 Å². The Kier molecular flexibility index (Phi) is 4.97. The largest absolute Gasteiger partial charge is 0.508 e. The van der Waals surface area contributed by atoms with E-state index in [9.17, 15) is 40.5 Å². The minimum atomic E-state index is -1.12. The second kappa shape index (κ2) is 7.65. The molecule has 7 N–H and O–H groups in total. The summed E-state index contributed by atoms with van der Waals surface area (Å²) in [6.45, 7) is 0. The molecule has 166 valence electrons. The molecule has 0 saturated heterocycles. The van der Waals surface area contributed by atoms with Crippen molar-refractivity contribution in [2.75, 3.05) is 0 Å². The van der Waals surface area contributed by atoms with Crippen LogP contribution in [-0.4, -0.2) is 47.8 Å². The van der Waals surface area contributed by atoms with Crippen LogP contribution in [0, 0.1) is 0 Å². The van der Waals surface area contributed by atoms with E-state index in [2.05, 4.69) is 0 Å². The number of carbonyl (C=O) groups excluding carboxylic acids is 1. The molecule has 3 aromatic rings. The highest BCUT2D eigenvalue weighted by molar-refractivity contribution is 5.90. The van der Waals surface area contributed by atoms with Crippen molar-refractivity contribution >= 4 is 5.97 Å². The molecule has 4 rings (SSSR count). The lowest BCUT2D eigenvalue weighted by atomic mass is 9.93. The highest BCUT2D eigenvalue weighted by atomic mass is 16.6. The van der Waals surface area contributed by atoms with Gasteiger partial charge in [0.2, 0.25) is 0 Å². The second-order valence-electron chi connectivity index (χ2n) is 7.24. The number of hydrogen-bond acceptors (Lipinski definition) is 10. The Morgan fingerprint density at radius 2 is 1.50 bits per heavy atom. The lowest BCUT2D eigenvalue weighted by Crippen LogP contribution is -2.34. The van der Waals surface area contributed by atoms with Gasteiger partial charge in [-0.1, -0.05) is 0 Å². The molecule has 0 aliphatic carbocycles. The summed E-state index contributed by atoms with van der Waals surface area (Å²) in [5.41, 5.74) is 0.312.